The summed E-state index contributed by atoms with van der Waals surface area (Å²) < 4.78 is 39.4. The van der Waals surface area contributed by atoms with Crippen LogP contribution in [0.5, 0.6) is 0 Å². The molecule has 1 atom stereocenters. The fourth-order valence-corrected chi connectivity index (χ4v) is 3.11. The van der Waals surface area contributed by atoms with Crippen molar-refractivity contribution in [2.45, 2.75) is 12.5 Å². The maximum Gasteiger partial charge on any atom is 0.226 e. The number of carbonyl (C=O) groups excluding carboxylic acids is 1. The van der Waals surface area contributed by atoms with Crippen molar-refractivity contribution in [3.8, 4) is 0 Å². The first kappa shape index (κ1) is 18.6. The summed E-state index contributed by atoms with van der Waals surface area (Å²) in [4.78, 5) is 12.2. The van der Waals surface area contributed by atoms with Gasteiger partial charge in [0.25, 0.3) is 0 Å². The summed E-state index contributed by atoms with van der Waals surface area (Å²) in [5, 5.41) is 2.70. The van der Waals surface area contributed by atoms with Crippen molar-refractivity contribution in [3.63, 3.8) is 0 Å². The van der Waals surface area contributed by atoms with Crippen molar-refractivity contribution >= 4 is 37.5 Å². The van der Waals surface area contributed by atoms with E-state index in [1.807, 2.05) is 0 Å². The molecular weight excluding hydrogens is 399 g/mol. The number of sulfonamides is 1. The average Bonchev–Trinajstić information content (AvgIpc) is 2.48. The van der Waals surface area contributed by atoms with Gasteiger partial charge in [0.1, 0.15) is 5.82 Å². The van der Waals surface area contributed by atoms with Crippen LogP contribution in [0.2, 0.25) is 0 Å². The molecule has 2 rings (SSSR count). The minimum absolute atomic E-state index is 0.116. The predicted octanol–water partition coefficient (Wildman–Crippen LogP) is 3.21. The molecule has 2 aromatic rings. The fourth-order valence-electron chi connectivity index (χ4n) is 2.11. The highest BCUT2D eigenvalue weighted by molar-refractivity contribution is 9.10. The second-order valence-electron chi connectivity index (χ2n) is 5.25. The maximum atomic E-state index is 13.0. The molecule has 2 N–H and O–H groups in total. The van der Waals surface area contributed by atoms with Gasteiger partial charge >= 0.3 is 0 Å². The van der Waals surface area contributed by atoms with E-state index in [0.717, 1.165) is 10.7 Å². The van der Waals surface area contributed by atoms with Gasteiger partial charge in [-0.05, 0) is 42.0 Å². The van der Waals surface area contributed by atoms with Gasteiger partial charge < -0.3 is 5.32 Å². The molecule has 8 heteroatoms. The number of rotatable bonds is 6. The molecule has 128 valence electrons. The van der Waals surface area contributed by atoms with Crippen molar-refractivity contribution < 1.29 is 17.6 Å². The molecule has 0 saturated heterocycles. The number of benzene rings is 2. The van der Waals surface area contributed by atoms with Crippen LogP contribution in [0.3, 0.4) is 0 Å². The van der Waals surface area contributed by atoms with Gasteiger partial charge in [-0.3, -0.25) is 4.79 Å². The summed E-state index contributed by atoms with van der Waals surface area (Å²) in [6.07, 6.45) is 0.894. The van der Waals surface area contributed by atoms with Crippen molar-refractivity contribution in [2.24, 2.45) is 0 Å². The molecule has 0 saturated carbocycles. The molecule has 0 bridgehead atoms. The Kier molecular flexibility index (Phi) is 6.09. The Morgan fingerprint density at radius 2 is 1.71 bits per heavy atom. The van der Waals surface area contributed by atoms with Crippen molar-refractivity contribution in [2.75, 3.05) is 11.6 Å². The summed E-state index contributed by atoms with van der Waals surface area (Å²) in [6.45, 7) is 0. The highest BCUT2D eigenvalue weighted by Gasteiger charge is 2.20. The van der Waals surface area contributed by atoms with E-state index in [2.05, 4.69) is 26.0 Å². The van der Waals surface area contributed by atoms with E-state index in [4.69, 9.17) is 0 Å². The molecule has 0 unspecified atom stereocenters. The first-order valence-electron chi connectivity index (χ1n) is 7.01. The number of hydrogen-bond acceptors (Lipinski definition) is 3. The highest BCUT2D eigenvalue weighted by Crippen LogP contribution is 2.20. The highest BCUT2D eigenvalue weighted by atomic mass is 79.9. The van der Waals surface area contributed by atoms with Gasteiger partial charge in [-0.15, -0.1) is 0 Å². The smallest absolute Gasteiger partial charge is 0.226 e. The van der Waals surface area contributed by atoms with Gasteiger partial charge in [-0.1, -0.05) is 28.1 Å². The zero-order chi connectivity index (χ0) is 17.7. The summed E-state index contributed by atoms with van der Waals surface area (Å²) >= 11 is 3.30. The van der Waals surface area contributed by atoms with Crippen LogP contribution in [0.25, 0.3) is 0 Å². The largest absolute Gasteiger partial charge is 0.326 e. The van der Waals surface area contributed by atoms with E-state index in [-0.39, 0.29) is 12.3 Å². The van der Waals surface area contributed by atoms with Crippen LogP contribution in [0, 0.1) is 5.82 Å². The average molecular weight is 415 g/mol. The molecule has 24 heavy (non-hydrogen) atoms. The molecule has 0 radical (unpaired) electrons. The third-order valence-corrected chi connectivity index (χ3v) is 4.39. The minimum Gasteiger partial charge on any atom is -0.326 e. The van der Waals surface area contributed by atoms with E-state index in [9.17, 15) is 17.6 Å². The molecule has 0 aliphatic rings. The van der Waals surface area contributed by atoms with Gasteiger partial charge in [0.2, 0.25) is 15.9 Å². The van der Waals surface area contributed by atoms with Crippen LogP contribution in [0.4, 0.5) is 10.1 Å². The van der Waals surface area contributed by atoms with Crippen LogP contribution in [-0.2, 0) is 14.8 Å². The third kappa shape index (κ3) is 6.03. The standard InChI is InChI=1S/C16H16BrFN2O3S/c1-24(22,23)20-15(11-2-6-13(18)7-3-11)10-16(21)19-14-8-4-12(17)5-9-14/h2-9,15,20H,10H2,1H3,(H,19,21)/t15-/m1/s1. The summed E-state index contributed by atoms with van der Waals surface area (Å²) in [5.41, 5.74) is 1.10. The first-order chi connectivity index (χ1) is 11.2. The maximum absolute atomic E-state index is 13.0. The number of amides is 1. The number of anilines is 1. The monoisotopic (exact) mass is 414 g/mol. The Bertz CT molecular complexity index is 808. The normalized spacial score (nSPS) is 12.6. The lowest BCUT2D eigenvalue weighted by Crippen LogP contribution is -2.30. The molecule has 0 spiro atoms. The number of nitrogens with one attached hydrogen (secondary N) is 2. The van der Waals surface area contributed by atoms with Crippen molar-refractivity contribution in [3.05, 3.63) is 64.4 Å². The van der Waals surface area contributed by atoms with E-state index >= 15 is 0 Å². The van der Waals surface area contributed by atoms with Crippen molar-refractivity contribution in [1.82, 2.24) is 4.72 Å². The van der Waals surface area contributed by atoms with E-state index in [1.54, 1.807) is 24.3 Å². The first-order valence-corrected chi connectivity index (χ1v) is 9.69. The molecule has 0 fully saturated rings. The van der Waals surface area contributed by atoms with Crippen LogP contribution in [0.1, 0.15) is 18.0 Å². The lowest BCUT2D eigenvalue weighted by Gasteiger charge is -2.18. The van der Waals surface area contributed by atoms with Gasteiger partial charge in [0.05, 0.1) is 12.3 Å². The molecule has 0 heterocycles. The number of hydrogen-bond donors (Lipinski definition) is 2. The molecule has 1 amide bonds. The third-order valence-electron chi connectivity index (χ3n) is 3.15. The summed E-state index contributed by atoms with van der Waals surface area (Å²) in [7, 11) is -3.54. The van der Waals surface area contributed by atoms with Crippen LogP contribution in [0.15, 0.2) is 53.0 Å². The number of halogens is 2. The molecule has 0 aliphatic carbocycles. The Morgan fingerprint density at radius 3 is 2.25 bits per heavy atom. The Morgan fingerprint density at radius 1 is 1.12 bits per heavy atom. The predicted molar refractivity (Wildman–Crippen MR) is 94.5 cm³/mol. The summed E-state index contributed by atoms with van der Waals surface area (Å²) in [6, 6.07) is 11.6. The second kappa shape index (κ2) is 7.87. The zero-order valence-corrected chi connectivity index (χ0v) is 15.2. The second-order valence-corrected chi connectivity index (χ2v) is 7.95. The SMILES string of the molecule is CS(=O)(=O)N[C@H](CC(=O)Nc1ccc(Br)cc1)c1ccc(F)cc1. The van der Waals surface area contributed by atoms with Gasteiger partial charge in [0.15, 0.2) is 0 Å². The molecule has 5 nitrogen and oxygen atoms in total. The van der Waals surface area contributed by atoms with Crippen LogP contribution < -0.4 is 10.0 Å². The zero-order valence-electron chi connectivity index (χ0n) is 12.8. The van der Waals surface area contributed by atoms with E-state index < -0.39 is 21.9 Å². The topological polar surface area (TPSA) is 75.3 Å². The van der Waals surface area contributed by atoms with Crippen LogP contribution in [-0.4, -0.2) is 20.6 Å². The van der Waals surface area contributed by atoms with Crippen molar-refractivity contribution in [1.29, 1.82) is 0 Å². The molecule has 0 aliphatic heterocycles. The Labute approximate surface area is 148 Å². The van der Waals surface area contributed by atoms with E-state index in [1.165, 1.54) is 24.3 Å². The van der Waals surface area contributed by atoms with E-state index in [0.29, 0.717) is 11.3 Å². The fraction of sp³-hybridized carbons (Fsp3) is 0.188. The van der Waals surface area contributed by atoms with Crippen LogP contribution >= 0.6 is 15.9 Å². The summed E-state index contributed by atoms with van der Waals surface area (Å²) in [5.74, 6) is -0.793. The van der Waals surface area contributed by atoms with Gasteiger partial charge in [0, 0.05) is 16.6 Å². The number of carbonyl (C=O) groups is 1. The minimum atomic E-state index is -3.54. The lowest BCUT2D eigenvalue weighted by molar-refractivity contribution is -0.116. The Balaban J connectivity index is 2.13. The molecular formula is C16H16BrFN2O3S. The van der Waals surface area contributed by atoms with Gasteiger partial charge in [-0.25, -0.2) is 17.5 Å². The Hall–Kier alpha value is -1.77. The lowest BCUT2D eigenvalue weighted by atomic mass is 10.0. The van der Waals surface area contributed by atoms with Gasteiger partial charge in [-0.2, -0.15) is 0 Å². The molecule has 2 aromatic carbocycles. The molecule has 0 aromatic heterocycles. The quantitative estimate of drug-likeness (QED) is 0.761.